The van der Waals surface area contributed by atoms with Crippen molar-refractivity contribution in [1.29, 1.82) is 0 Å². The van der Waals surface area contributed by atoms with Gasteiger partial charge in [-0.15, -0.1) is 11.3 Å². The van der Waals surface area contributed by atoms with E-state index in [0.29, 0.717) is 0 Å². The molecule has 1 unspecified atom stereocenters. The van der Waals surface area contributed by atoms with Gasteiger partial charge in [0, 0.05) is 10.4 Å². The predicted octanol–water partition coefficient (Wildman–Crippen LogP) is 3.04. The maximum Gasteiger partial charge on any atom is 0.261 e. The van der Waals surface area contributed by atoms with Gasteiger partial charge in [-0.3, -0.25) is 4.79 Å². The molecule has 0 bridgehead atoms. The van der Waals surface area contributed by atoms with Gasteiger partial charge in [-0.05, 0) is 25.3 Å². The number of rotatable bonds is 3. The molecule has 0 aliphatic rings. The maximum absolute atomic E-state index is 11.7. The summed E-state index contributed by atoms with van der Waals surface area (Å²) in [5, 5.41) is 4.88. The van der Waals surface area contributed by atoms with Crippen LogP contribution in [-0.2, 0) is 0 Å². The summed E-state index contributed by atoms with van der Waals surface area (Å²) >= 11 is 4.93. The second-order valence-corrected chi connectivity index (χ2v) is 6.09. The highest BCUT2D eigenvalue weighted by molar-refractivity contribution is 9.09. The third kappa shape index (κ3) is 2.82. The van der Waals surface area contributed by atoms with E-state index < -0.39 is 0 Å². The highest BCUT2D eigenvalue weighted by Gasteiger charge is 2.26. The molecular formula is C10H14BrNOS. The molecule has 0 radical (unpaired) electrons. The number of alkyl halides is 1. The van der Waals surface area contributed by atoms with Crippen molar-refractivity contribution in [3.8, 4) is 0 Å². The molecule has 0 aliphatic heterocycles. The van der Waals surface area contributed by atoms with Crippen LogP contribution in [0.4, 0.5) is 0 Å². The summed E-state index contributed by atoms with van der Waals surface area (Å²) < 4.78 is 0. The Balaban J connectivity index is 2.66. The van der Waals surface area contributed by atoms with Crippen molar-refractivity contribution >= 4 is 33.2 Å². The molecule has 2 nitrogen and oxygen atoms in total. The first-order valence-corrected chi connectivity index (χ1v) is 6.23. The molecule has 0 saturated carbocycles. The van der Waals surface area contributed by atoms with Gasteiger partial charge >= 0.3 is 0 Å². The van der Waals surface area contributed by atoms with Crippen LogP contribution in [0.1, 0.15) is 30.4 Å². The summed E-state index contributed by atoms with van der Waals surface area (Å²) in [4.78, 5) is 12.7. The zero-order chi connectivity index (χ0) is 10.8. The number of hydrogen-bond donors (Lipinski definition) is 1. The maximum atomic E-state index is 11.7. The Morgan fingerprint density at radius 3 is 2.71 bits per heavy atom. The molecule has 1 aromatic heterocycles. The summed E-state index contributed by atoms with van der Waals surface area (Å²) in [7, 11) is 0. The standard InChI is InChI=1S/C10H14BrNOS/c1-7(11)10(2,3)12-9(13)8-5-4-6-14-8/h4-7H,1-3H3,(H,12,13). The zero-order valence-electron chi connectivity index (χ0n) is 8.50. The van der Waals surface area contributed by atoms with E-state index in [2.05, 4.69) is 21.2 Å². The molecule has 1 rings (SSSR count). The molecule has 14 heavy (non-hydrogen) atoms. The lowest BCUT2D eigenvalue weighted by Gasteiger charge is -2.28. The van der Waals surface area contributed by atoms with Gasteiger partial charge in [-0.1, -0.05) is 28.9 Å². The van der Waals surface area contributed by atoms with E-state index in [0.717, 1.165) is 4.88 Å². The second-order valence-electron chi connectivity index (χ2n) is 3.77. The molecule has 1 heterocycles. The van der Waals surface area contributed by atoms with Crippen LogP contribution in [0.25, 0.3) is 0 Å². The first-order valence-electron chi connectivity index (χ1n) is 4.43. The molecule has 0 aromatic carbocycles. The van der Waals surface area contributed by atoms with E-state index >= 15 is 0 Å². The van der Waals surface area contributed by atoms with Crippen LogP contribution in [0.3, 0.4) is 0 Å². The second kappa shape index (κ2) is 4.45. The van der Waals surface area contributed by atoms with E-state index in [9.17, 15) is 4.79 Å². The van der Waals surface area contributed by atoms with E-state index in [1.165, 1.54) is 11.3 Å². The lowest BCUT2D eigenvalue weighted by Crippen LogP contribution is -2.48. The normalized spacial score (nSPS) is 13.7. The minimum Gasteiger partial charge on any atom is -0.345 e. The fourth-order valence-electron chi connectivity index (χ4n) is 0.861. The fraction of sp³-hybridized carbons (Fsp3) is 0.500. The topological polar surface area (TPSA) is 29.1 Å². The number of carbonyl (C=O) groups is 1. The van der Waals surface area contributed by atoms with Crippen LogP contribution in [0.15, 0.2) is 17.5 Å². The average molecular weight is 276 g/mol. The SMILES string of the molecule is CC(Br)C(C)(C)NC(=O)c1cccs1. The summed E-state index contributed by atoms with van der Waals surface area (Å²) in [6.07, 6.45) is 0. The highest BCUT2D eigenvalue weighted by Crippen LogP contribution is 2.18. The van der Waals surface area contributed by atoms with Gasteiger partial charge in [0.25, 0.3) is 5.91 Å². The highest BCUT2D eigenvalue weighted by atomic mass is 79.9. The third-order valence-corrected chi connectivity index (χ3v) is 4.19. The Hall–Kier alpha value is -0.350. The Bertz CT molecular complexity index is 306. The van der Waals surface area contributed by atoms with E-state index in [1.807, 2.05) is 38.3 Å². The average Bonchev–Trinajstić information content (AvgIpc) is 2.54. The quantitative estimate of drug-likeness (QED) is 0.845. The van der Waals surface area contributed by atoms with Crippen LogP contribution < -0.4 is 5.32 Å². The molecule has 1 N–H and O–H groups in total. The molecule has 0 spiro atoms. The minimum atomic E-state index is -0.235. The largest absolute Gasteiger partial charge is 0.345 e. The van der Waals surface area contributed by atoms with Crippen molar-refractivity contribution in [2.45, 2.75) is 31.1 Å². The van der Waals surface area contributed by atoms with Crippen molar-refractivity contribution < 1.29 is 4.79 Å². The molecule has 0 fully saturated rings. The molecule has 1 aromatic rings. The van der Waals surface area contributed by atoms with Gasteiger partial charge in [-0.2, -0.15) is 0 Å². The fourth-order valence-corrected chi connectivity index (χ4v) is 1.59. The minimum absolute atomic E-state index is 0.00343. The Morgan fingerprint density at radius 2 is 2.29 bits per heavy atom. The third-order valence-electron chi connectivity index (χ3n) is 2.18. The van der Waals surface area contributed by atoms with Crippen LogP contribution in [0.5, 0.6) is 0 Å². The van der Waals surface area contributed by atoms with Crippen molar-refractivity contribution in [3.63, 3.8) is 0 Å². The van der Waals surface area contributed by atoms with Gasteiger partial charge in [0.1, 0.15) is 0 Å². The van der Waals surface area contributed by atoms with E-state index in [1.54, 1.807) is 0 Å². The first kappa shape index (κ1) is 11.7. The van der Waals surface area contributed by atoms with Crippen LogP contribution in [-0.4, -0.2) is 16.3 Å². The monoisotopic (exact) mass is 275 g/mol. The molecule has 1 amide bonds. The Labute approximate surface area is 96.8 Å². The molecule has 0 aliphatic carbocycles. The van der Waals surface area contributed by atoms with Crippen molar-refractivity contribution in [2.75, 3.05) is 0 Å². The zero-order valence-corrected chi connectivity index (χ0v) is 10.9. The molecule has 1 atom stereocenters. The number of thiophene rings is 1. The van der Waals surface area contributed by atoms with Gasteiger partial charge in [0.05, 0.1) is 4.88 Å². The molecule has 78 valence electrons. The van der Waals surface area contributed by atoms with Crippen LogP contribution >= 0.6 is 27.3 Å². The lowest BCUT2D eigenvalue weighted by molar-refractivity contribution is 0.0918. The Kier molecular flexibility index (Phi) is 3.72. The summed E-state index contributed by atoms with van der Waals surface area (Å²) in [5.41, 5.74) is -0.235. The molecule has 4 heteroatoms. The van der Waals surface area contributed by atoms with Crippen molar-refractivity contribution in [3.05, 3.63) is 22.4 Å². The lowest BCUT2D eigenvalue weighted by atomic mass is 10.0. The number of nitrogens with one attached hydrogen (secondary N) is 1. The molecule has 0 saturated heterocycles. The van der Waals surface area contributed by atoms with Crippen molar-refractivity contribution in [1.82, 2.24) is 5.32 Å². The predicted molar refractivity (Wildman–Crippen MR) is 64.3 cm³/mol. The van der Waals surface area contributed by atoms with Crippen molar-refractivity contribution in [2.24, 2.45) is 0 Å². The summed E-state index contributed by atoms with van der Waals surface area (Å²) in [6.45, 7) is 6.02. The van der Waals surface area contributed by atoms with Gasteiger partial charge in [-0.25, -0.2) is 0 Å². The van der Waals surface area contributed by atoms with Crippen LogP contribution in [0.2, 0.25) is 0 Å². The number of hydrogen-bond acceptors (Lipinski definition) is 2. The van der Waals surface area contributed by atoms with E-state index in [-0.39, 0.29) is 16.3 Å². The number of carbonyl (C=O) groups excluding carboxylic acids is 1. The van der Waals surface area contributed by atoms with Gasteiger partial charge in [0.2, 0.25) is 0 Å². The summed E-state index contributed by atoms with van der Waals surface area (Å²) in [5.74, 6) is -0.00343. The molecular weight excluding hydrogens is 262 g/mol. The first-order chi connectivity index (χ1) is 6.43. The van der Waals surface area contributed by atoms with Gasteiger partial charge < -0.3 is 5.32 Å². The van der Waals surface area contributed by atoms with E-state index in [4.69, 9.17) is 0 Å². The summed E-state index contributed by atoms with van der Waals surface area (Å²) in [6, 6.07) is 3.71. The van der Waals surface area contributed by atoms with Crippen LogP contribution in [0, 0.1) is 0 Å². The number of amides is 1. The number of halogens is 1. The Morgan fingerprint density at radius 1 is 1.64 bits per heavy atom. The smallest absolute Gasteiger partial charge is 0.261 e. The van der Waals surface area contributed by atoms with Gasteiger partial charge in [0.15, 0.2) is 0 Å².